The van der Waals surface area contributed by atoms with E-state index in [1.165, 1.54) is 6.42 Å². The van der Waals surface area contributed by atoms with Crippen molar-refractivity contribution in [1.29, 1.82) is 0 Å². The van der Waals surface area contributed by atoms with Gasteiger partial charge in [0.05, 0.1) is 5.39 Å². The highest BCUT2D eigenvalue weighted by Crippen LogP contribution is 2.28. The predicted molar refractivity (Wildman–Crippen MR) is 85.8 cm³/mol. The Bertz CT molecular complexity index is 599. The Morgan fingerprint density at radius 1 is 1.35 bits per heavy atom. The molecule has 1 unspecified atom stereocenters. The van der Waals surface area contributed by atoms with Crippen LogP contribution >= 0.6 is 15.9 Å². The minimum atomic E-state index is 0.353. The minimum Gasteiger partial charge on any atom is -0.367 e. The molecule has 6 heteroatoms. The third-order valence-corrected chi connectivity index (χ3v) is 3.84. The van der Waals surface area contributed by atoms with E-state index < -0.39 is 0 Å². The van der Waals surface area contributed by atoms with Crippen LogP contribution < -0.4 is 5.32 Å². The summed E-state index contributed by atoms with van der Waals surface area (Å²) in [5, 5.41) is 8.75. The van der Waals surface area contributed by atoms with E-state index in [9.17, 15) is 0 Å². The van der Waals surface area contributed by atoms with E-state index in [1.807, 2.05) is 7.05 Å². The van der Waals surface area contributed by atoms with E-state index in [1.54, 1.807) is 11.0 Å². The van der Waals surface area contributed by atoms with Gasteiger partial charge in [-0.25, -0.2) is 14.6 Å². The second kappa shape index (κ2) is 5.68. The molecule has 0 fully saturated rings. The van der Waals surface area contributed by atoms with Gasteiger partial charge in [0.15, 0.2) is 5.65 Å². The SMILES string of the molecule is CC(CCC(C)(C)C)Nc1ncnc2c1c(Br)nn2C. The fourth-order valence-corrected chi connectivity index (χ4v) is 2.71. The van der Waals surface area contributed by atoms with Crippen LogP contribution in [0.4, 0.5) is 5.82 Å². The van der Waals surface area contributed by atoms with Crippen molar-refractivity contribution >= 4 is 32.8 Å². The van der Waals surface area contributed by atoms with Gasteiger partial charge in [-0.3, -0.25) is 0 Å². The van der Waals surface area contributed by atoms with Crippen LogP contribution in [0.25, 0.3) is 11.0 Å². The summed E-state index contributed by atoms with van der Waals surface area (Å²) in [5.74, 6) is 0.844. The molecule has 0 radical (unpaired) electrons. The molecule has 2 heterocycles. The topological polar surface area (TPSA) is 55.6 Å². The highest BCUT2D eigenvalue weighted by atomic mass is 79.9. The van der Waals surface area contributed by atoms with Crippen LogP contribution in [-0.4, -0.2) is 25.8 Å². The Labute approximate surface area is 128 Å². The van der Waals surface area contributed by atoms with Gasteiger partial charge in [0, 0.05) is 13.1 Å². The summed E-state index contributed by atoms with van der Waals surface area (Å²) in [5.41, 5.74) is 1.18. The molecule has 2 aromatic heterocycles. The van der Waals surface area contributed by atoms with Gasteiger partial charge >= 0.3 is 0 Å². The summed E-state index contributed by atoms with van der Waals surface area (Å²) in [4.78, 5) is 8.63. The van der Waals surface area contributed by atoms with Gasteiger partial charge in [0.1, 0.15) is 16.7 Å². The second-order valence-electron chi connectivity index (χ2n) is 6.48. The highest BCUT2D eigenvalue weighted by Gasteiger charge is 2.16. The molecule has 20 heavy (non-hydrogen) atoms. The number of halogens is 1. The Morgan fingerprint density at radius 2 is 2.05 bits per heavy atom. The van der Waals surface area contributed by atoms with E-state index in [2.05, 4.69) is 64.0 Å². The van der Waals surface area contributed by atoms with Gasteiger partial charge in [-0.05, 0) is 41.1 Å². The molecule has 2 aromatic rings. The number of rotatable bonds is 4. The summed E-state index contributed by atoms with van der Waals surface area (Å²) in [6, 6.07) is 0.361. The van der Waals surface area contributed by atoms with Crippen molar-refractivity contribution in [3.05, 3.63) is 10.9 Å². The predicted octanol–water partition coefficient (Wildman–Crippen LogP) is 3.75. The molecule has 0 bridgehead atoms. The van der Waals surface area contributed by atoms with Crippen molar-refractivity contribution in [3.63, 3.8) is 0 Å². The minimum absolute atomic E-state index is 0.353. The second-order valence-corrected chi connectivity index (χ2v) is 7.23. The number of aromatic nitrogens is 4. The molecule has 0 saturated heterocycles. The Morgan fingerprint density at radius 3 is 2.70 bits per heavy atom. The number of aryl methyl sites for hydroxylation is 1. The first-order valence-corrected chi connectivity index (χ1v) is 7.67. The Kier molecular flexibility index (Phi) is 4.32. The number of fused-ring (bicyclic) bond motifs is 1. The first-order chi connectivity index (χ1) is 9.28. The van der Waals surface area contributed by atoms with E-state index in [0.29, 0.717) is 11.5 Å². The molecule has 0 aliphatic heterocycles. The highest BCUT2D eigenvalue weighted by molar-refractivity contribution is 9.10. The van der Waals surface area contributed by atoms with Crippen LogP contribution in [-0.2, 0) is 7.05 Å². The average molecular weight is 340 g/mol. The number of hydrogen-bond donors (Lipinski definition) is 1. The van der Waals surface area contributed by atoms with Crippen molar-refractivity contribution in [3.8, 4) is 0 Å². The van der Waals surface area contributed by atoms with E-state index in [0.717, 1.165) is 27.9 Å². The van der Waals surface area contributed by atoms with Gasteiger partial charge < -0.3 is 5.32 Å². The number of anilines is 1. The number of hydrogen-bond acceptors (Lipinski definition) is 4. The third-order valence-electron chi connectivity index (χ3n) is 3.29. The fourth-order valence-electron chi connectivity index (χ4n) is 2.11. The summed E-state index contributed by atoms with van der Waals surface area (Å²) < 4.78 is 2.53. The molecular formula is C14H22BrN5. The maximum absolute atomic E-state index is 4.36. The Hall–Kier alpha value is -1.17. The smallest absolute Gasteiger partial charge is 0.164 e. The van der Waals surface area contributed by atoms with Gasteiger partial charge in [0.25, 0.3) is 0 Å². The van der Waals surface area contributed by atoms with Crippen molar-refractivity contribution in [1.82, 2.24) is 19.7 Å². The number of nitrogens with zero attached hydrogens (tertiary/aromatic N) is 4. The summed E-state index contributed by atoms with van der Waals surface area (Å²) in [7, 11) is 1.88. The van der Waals surface area contributed by atoms with E-state index in [-0.39, 0.29) is 0 Å². The molecule has 0 spiro atoms. The van der Waals surface area contributed by atoms with Crippen molar-refractivity contribution in [2.24, 2.45) is 12.5 Å². The lowest BCUT2D eigenvalue weighted by Crippen LogP contribution is -2.19. The maximum atomic E-state index is 4.36. The largest absolute Gasteiger partial charge is 0.367 e. The van der Waals surface area contributed by atoms with E-state index in [4.69, 9.17) is 0 Å². The van der Waals surface area contributed by atoms with Crippen molar-refractivity contribution in [2.45, 2.75) is 46.6 Å². The zero-order valence-electron chi connectivity index (χ0n) is 12.7. The quantitative estimate of drug-likeness (QED) is 0.921. The molecule has 2 rings (SSSR count). The van der Waals surface area contributed by atoms with Crippen LogP contribution in [0.2, 0.25) is 0 Å². The fraction of sp³-hybridized carbons (Fsp3) is 0.643. The first-order valence-electron chi connectivity index (χ1n) is 6.87. The summed E-state index contributed by atoms with van der Waals surface area (Å²) >= 11 is 3.48. The number of nitrogens with one attached hydrogen (secondary N) is 1. The van der Waals surface area contributed by atoms with Gasteiger partial charge in [-0.1, -0.05) is 20.8 Å². The maximum Gasteiger partial charge on any atom is 0.164 e. The molecule has 0 aliphatic rings. The lowest BCUT2D eigenvalue weighted by atomic mass is 9.89. The molecule has 1 atom stereocenters. The zero-order valence-corrected chi connectivity index (χ0v) is 14.3. The molecular weight excluding hydrogens is 318 g/mol. The molecule has 1 N–H and O–H groups in total. The first kappa shape index (κ1) is 15.2. The molecule has 0 amide bonds. The zero-order chi connectivity index (χ0) is 14.9. The molecule has 5 nitrogen and oxygen atoms in total. The summed E-state index contributed by atoms with van der Waals surface area (Å²) in [6.07, 6.45) is 3.85. The molecule has 0 aliphatic carbocycles. The monoisotopic (exact) mass is 339 g/mol. The van der Waals surface area contributed by atoms with Crippen molar-refractivity contribution < 1.29 is 0 Å². The average Bonchev–Trinajstić information content (AvgIpc) is 2.63. The normalized spacial score (nSPS) is 13.7. The van der Waals surface area contributed by atoms with Crippen molar-refractivity contribution in [2.75, 3.05) is 5.32 Å². The van der Waals surface area contributed by atoms with Crippen LogP contribution in [0.5, 0.6) is 0 Å². The van der Waals surface area contributed by atoms with Gasteiger partial charge in [-0.2, -0.15) is 5.10 Å². The molecule has 0 saturated carbocycles. The van der Waals surface area contributed by atoms with Crippen LogP contribution in [0.3, 0.4) is 0 Å². The Balaban J connectivity index is 2.17. The van der Waals surface area contributed by atoms with Gasteiger partial charge in [-0.15, -0.1) is 0 Å². The van der Waals surface area contributed by atoms with Crippen LogP contribution in [0.1, 0.15) is 40.5 Å². The van der Waals surface area contributed by atoms with Crippen LogP contribution in [0, 0.1) is 5.41 Å². The lowest BCUT2D eigenvalue weighted by molar-refractivity contribution is 0.357. The standard InChI is InChI=1S/C14H22BrN5/c1-9(6-7-14(2,3)4)18-12-10-11(15)19-20(5)13(10)17-8-16-12/h8-9H,6-7H2,1-5H3,(H,16,17,18). The summed E-state index contributed by atoms with van der Waals surface area (Å²) in [6.45, 7) is 8.98. The van der Waals surface area contributed by atoms with Crippen LogP contribution in [0.15, 0.2) is 10.9 Å². The third kappa shape index (κ3) is 3.48. The van der Waals surface area contributed by atoms with E-state index >= 15 is 0 Å². The molecule has 110 valence electrons. The lowest BCUT2D eigenvalue weighted by Gasteiger charge is -2.22. The molecule has 0 aromatic carbocycles. The van der Waals surface area contributed by atoms with Gasteiger partial charge in [0.2, 0.25) is 0 Å².